The molecule has 9 nitrogen and oxygen atoms in total. The van der Waals surface area contributed by atoms with Crippen molar-refractivity contribution in [2.45, 2.75) is 13.8 Å². The van der Waals surface area contributed by atoms with Gasteiger partial charge in [0.15, 0.2) is 0 Å². The minimum absolute atomic E-state index is 0.0779. The summed E-state index contributed by atoms with van der Waals surface area (Å²) in [6.07, 6.45) is 2.38. The number of esters is 2. The summed E-state index contributed by atoms with van der Waals surface area (Å²) in [6, 6.07) is 32.3. The number of amides is 1. The second kappa shape index (κ2) is 15.0. The zero-order chi connectivity index (χ0) is 31.5. The molecule has 0 aliphatic rings. The van der Waals surface area contributed by atoms with E-state index in [1.165, 1.54) is 37.3 Å². The Labute approximate surface area is 256 Å². The van der Waals surface area contributed by atoms with Crippen LogP contribution >= 0.6 is 0 Å². The summed E-state index contributed by atoms with van der Waals surface area (Å²) in [5, 5.41) is 0. The molecule has 0 radical (unpaired) electrons. The molecule has 0 aromatic heterocycles. The molecule has 1 amide bonds. The third-order valence-corrected chi connectivity index (χ3v) is 6.56. The lowest BCUT2D eigenvalue weighted by atomic mass is 10.1. The van der Waals surface area contributed by atoms with Crippen LogP contribution in [0.1, 0.15) is 40.1 Å². The molecule has 4 aromatic rings. The van der Waals surface area contributed by atoms with Crippen molar-refractivity contribution >= 4 is 53.2 Å². The van der Waals surface area contributed by atoms with Crippen LogP contribution in [0.5, 0.6) is 0 Å². The first-order valence-electron chi connectivity index (χ1n) is 13.9. The van der Waals surface area contributed by atoms with Crippen molar-refractivity contribution in [3.8, 4) is 0 Å². The number of anilines is 3. The summed E-state index contributed by atoms with van der Waals surface area (Å²) >= 11 is 0. The SMILES string of the molecule is CCN(C=O)/C(=N\c1cc(C(=O)OC)ccc1C(=O)OC)O/C(C)=C/c1ccc(N(c2ccccc2)c2ccccc2)cc1. The van der Waals surface area contributed by atoms with Crippen molar-refractivity contribution in [1.82, 2.24) is 4.90 Å². The molecule has 9 heteroatoms. The quantitative estimate of drug-likeness (QED) is 0.0629. The number of methoxy groups -OCH3 is 2. The second-order valence-corrected chi connectivity index (χ2v) is 9.46. The molecule has 0 aliphatic heterocycles. The van der Waals surface area contributed by atoms with Gasteiger partial charge in [0.05, 0.1) is 31.0 Å². The van der Waals surface area contributed by atoms with Crippen molar-refractivity contribution < 1.29 is 28.6 Å². The lowest BCUT2D eigenvalue weighted by Crippen LogP contribution is -2.31. The predicted octanol–water partition coefficient (Wildman–Crippen LogP) is 7.27. The Balaban J connectivity index is 1.67. The zero-order valence-electron chi connectivity index (χ0n) is 25.0. The summed E-state index contributed by atoms with van der Waals surface area (Å²) in [4.78, 5) is 44.4. The van der Waals surface area contributed by atoms with Crippen molar-refractivity contribution in [1.29, 1.82) is 0 Å². The summed E-state index contributed by atoms with van der Waals surface area (Å²) in [7, 11) is 2.49. The fourth-order valence-electron chi connectivity index (χ4n) is 4.38. The number of carbonyl (C=O) groups excluding carboxylic acids is 3. The van der Waals surface area contributed by atoms with Gasteiger partial charge in [-0.3, -0.25) is 9.69 Å². The zero-order valence-corrected chi connectivity index (χ0v) is 25.0. The molecule has 0 fully saturated rings. The standard InChI is InChI=1S/C35H33N3O6/c1-5-37(24-39)35(36-32-23-27(33(40)42-3)18-21-31(32)34(41)43-4)44-25(2)22-26-16-19-30(20-17-26)38(28-12-8-6-9-13-28)29-14-10-7-11-15-29/h6-24H,5H2,1-4H3/b25-22+,36-35+. The Hall–Kier alpha value is -5.70. The van der Waals surface area contributed by atoms with Crippen LogP contribution in [0.4, 0.5) is 22.7 Å². The molecule has 4 rings (SSSR count). The van der Waals surface area contributed by atoms with Crippen molar-refractivity contribution in [2.24, 2.45) is 4.99 Å². The molecule has 0 unspecified atom stereocenters. The van der Waals surface area contributed by atoms with E-state index in [-0.39, 0.29) is 29.4 Å². The number of carbonyl (C=O) groups is 3. The van der Waals surface area contributed by atoms with Gasteiger partial charge in [-0.05, 0) is 80.1 Å². The van der Waals surface area contributed by atoms with Gasteiger partial charge in [0.1, 0.15) is 5.76 Å². The molecular weight excluding hydrogens is 558 g/mol. The van der Waals surface area contributed by atoms with Gasteiger partial charge in [-0.15, -0.1) is 0 Å². The number of hydrogen-bond donors (Lipinski definition) is 0. The molecule has 0 N–H and O–H groups in total. The Morgan fingerprint density at radius 1 is 0.773 bits per heavy atom. The van der Waals surface area contributed by atoms with E-state index in [1.807, 2.05) is 60.7 Å². The molecule has 224 valence electrons. The van der Waals surface area contributed by atoms with Crippen LogP contribution in [0.25, 0.3) is 6.08 Å². The summed E-state index contributed by atoms with van der Waals surface area (Å²) in [6.45, 7) is 3.72. The van der Waals surface area contributed by atoms with Gasteiger partial charge in [-0.1, -0.05) is 48.5 Å². The number of ether oxygens (including phenoxy) is 3. The number of amidine groups is 1. The number of aliphatic imine (C=N–C) groups is 1. The number of nitrogens with zero attached hydrogens (tertiary/aromatic N) is 3. The minimum Gasteiger partial charge on any atom is -0.465 e. The first-order chi connectivity index (χ1) is 21.4. The first-order valence-corrected chi connectivity index (χ1v) is 13.9. The van der Waals surface area contributed by atoms with E-state index in [0.717, 1.165) is 22.6 Å². The molecule has 0 heterocycles. The molecule has 0 saturated heterocycles. The topological polar surface area (TPSA) is 97.7 Å². The van der Waals surface area contributed by atoms with E-state index in [0.29, 0.717) is 12.2 Å². The Bertz CT molecular complexity index is 1610. The molecule has 0 bridgehead atoms. The van der Waals surface area contributed by atoms with Crippen LogP contribution in [0, 0.1) is 0 Å². The van der Waals surface area contributed by atoms with Gasteiger partial charge in [-0.25, -0.2) is 9.59 Å². The van der Waals surface area contributed by atoms with E-state index in [1.54, 1.807) is 19.9 Å². The van der Waals surface area contributed by atoms with Crippen LogP contribution in [-0.2, 0) is 19.0 Å². The summed E-state index contributed by atoms with van der Waals surface area (Å²) < 4.78 is 15.7. The van der Waals surface area contributed by atoms with Crippen LogP contribution in [0.15, 0.2) is 114 Å². The average molecular weight is 592 g/mol. The van der Waals surface area contributed by atoms with Gasteiger partial charge >= 0.3 is 18.0 Å². The largest absolute Gasteiger partial charge is 0.465 e. The third-order valence-electron chi connectivity index (χ3n) is 6.56. The van der Waals surface area contributed by atoms with Gasteiger partial charge in [0.2, 0.25) is 6.41 Å². The Kier molecular flexibility index (Phi) is 10.6. The highest BCUT2D eigenvalue weighted by molar-refractivity contribution is 6.00. The van der Waals surface area contributed by atoms with Crippen molar-refractivity contribution in [3.63, 3.8) is 0 Å². The number of para-hydroxylation sites is 2. The normalized spacial score (nSPS) is 11.4. The van der Waals surface area contributed by atoms with Crippen LogP contribution < -0.4 is 4.90 Å². The number of benzene rings is 4. The van der Waals surface area contributed by atoms with Crippen LogP contribution in [-0.4, -0.2) is 50.0 Å². The highest BCUT2D eigenvalue weighted by Crippen LogP contribution is 2.34. The lowest BCUT2D eigenvalue weighted by Gasteiger charge is -2.25. The van der Waals surface area contributed by atoms with Crippen molar-refractivity contribution in [2.75, 3.05) is 25.7 Å². The monoisotopic (exact) mass is 591 g/mol. The number of rotatable bonds is 10. The number of allylic oxidation sites excluding steroid dienone is 1. The van der Waals surface area contributed by atoms with Gasteiger partial charge in [-0.2, -0.15) is 4.99 Å². The highest BCUT2D eigenvalue weighted by Gasteiger charge is 2.19. The lowest BCUT2D eigenvalue weighted by molar-refractivity contribution is -0.115. The molecule has 4 aromatic carbocycles. The molecule has 0 saturated carbocycles. The summed E-state index contributed by atoms with van der Waals surface area (Å²) in [5.74, 6) is -0.842. The van der Waals surface area contributed by atoms with E-state index in [2.05, 4.69) is 34.2 Å². The smallest absolute Gasteiger partial charge is 0.340 e. The molecule has 0 spiro atoms. The predicted molar refractivity (Wildman–Crippen MR) is 171 cm³/mol. The molecular formula is C35H33N3O6. The minimum atomic E-state index is -0.666. The van der Waals surface area contributed by atoms with Crippen LogP contribution in [0.2, 0.25) is 0 Å². The highest BCUT2D eigenvalue weighted by atomic mass is 16.5. The fourth-order valence-corrected chi connectivity index (χ4v) is 4.38. The van der Waals surface area contributed by atoms with Crippen LogP contribution in [0.3, 0.4) is 0 Å². The number of hydrogen-bond acceptors (Lipinski definition) is 8. The maximum absolute atomic E-state index is 12.4. The van der Waals surface area contributed by atoms with Gasteiger partial charge in [0.25, 0.3) is 0 Å². The average Bonchev–Trinajstić information content (AvgIpc) is 3.06. The maximum Gasteiger partial charge on any atom is 0.340 e. The van der Waals surface area contributed by atoms with E-state index < -0.39 is 11.9 Å². The first kappa shape index (κ1) is 31.2. The molecule has 0 aliphatic carbocycles. The molecule has 44 heavy (non-hydrogen) atoms. The van der Waals surface area contributed by atoms with E-state index in [4.69, 9.17) is 14.2 Å². The molecule has 0 atom stereocenters. The fraction of sp³-hybridized carbons (Fsp3) is 0.143. The maximum atomic E-state index is 12.4. The Morgan fingerprint density at radius 3 is 1.86 bits per heavy atom. The third kappa shape index (κ3) is 7.57. The van der Waals surface area contributed by atoms with Gasteiger partial charge < -0.3 is 19.1 Å². The van der Waals surface area contributed by atoms with E-state index >= 15 is 0 Å². The van der Waals surface area contributed by atoms with Crippen molar-refractivity contribution in [3.05, 3.63) is 126 Å². The van der Waals surface area contributed by atoms with Gasteiger partial charge in [0, 0.05) is 23.6 Å². The van der Waals surface area contributed by atoms with E-state index in [9.17, 15) is 14.4 Å². The Morgan fingerprint density at radius 2 is 1.34 bits per heavy atom. The second-order valence-electron chi connectivity index (χ2n) is 9.46. The summed E-state index contributed by atoms with van der Waals surface area (Å²) in [5.41, 5.74) is 4.20.